The van der Waals surface area contributed by atoms with Gasteiger partial charge in [0.05, 0.1) is 10.0 Å². The Morgan fingerprint density at radius 1 is 1.17 bits per heavy atom. The Labute approximate surface area is 148 Å². The first kappa shape index (κ1) is 16.9. The summed E-state index contributed by atoms with van der Waals surface area (Å²) in [6, 6.07) is 12.3. The van der Waals surface area contributed by atoms with Crippen molar-refractivity contribution in [3.05, 3.63) is 69.8 Å². The minimum Gasteiger partial charge on any atom is -0.333 e. The molecule has 1 atom stereocenters. The number of aromatic nitrogens is 2. The fourth-order valence-electron chi connectivity index (χ4n) is 2.33. The van der Waals surface area contributed by atoms with Crippen LogP contribution < -0.4 is 5.32 Å². The summed E-state index contributed by atoms with van der Waals surface area (Å²) in [4.78, 5) is 4.36. The predicted octanol–water partition coefficient (Wildman–Crippen LogP) is 4.01. The van der Waals surface area contributed by atoms with E-state index in [4.69, 9.17) is 27.7 Å². The van der Waals surface area contributed by atoms with Crippen molar-refractivity contribution in [3.63, 3.8) is 0 Å². The van der Waals surface area contributed by atoms with E-state index < -0.39 is 5.82 Å². The summed E-state index contributed by atoms with van der Waals surface area (Å²) in [7, 11) is 0. The van der Waals surface area contributed by atoms with Crippen molar-refractivity contribution in [2.45, 2.75) is 19.5 Å². The second-order valence-corrected chi connectivity index (χ2v) is 6.21. The van der Waals surface area contributed by atoms with Gasteiger partial charge in [-0.15, -0.1) is 0 Å². The molecule has 0 unspecified atom stereocenters. The summed E-state index contributed by atoms with van der Waals surface area (Å²) < 4.78 is 18.9. The topological polar surface area (TPSA) is 55.5 Å². The van der Waals surface area contributed by atoms with Crippen molar-refractivity contribution in [3.8, 4) is 11.4 Å². The minimum atomic E-state index is -0.486. The fourth-order valence-corrected chi connectivity index (χ4v) is 2.89. The number of rotatable bonds is 5. The lowest BCUT2D eigenvalue weighted by atomic mass is 10.1. The van der Waals surface area contributed by atoms with E-state index in [2.05, 4.69) is 10.1 Å². The number of benzene rings is 2. The van der Waals surface area contributed by atoms with Gasteiger partial charge in [0.2, 0.25) is 5.82 Å². The van der Waals surface area contributed by atoms with Gasteiger partial charge in [-0.3, -0.25) is 0 Å². The van der Waals surface area contributed by atoms with Crippen LogP contribution in [0.25, 0.3) is 11.4 Å². The van der Waals surface area contributed by atoms with Crippen LogP contribution in [0.3, 0.4) is 0 Å². The number of hydrogen-bond donors (Lipinski definition) is 1. The average Bonchev–Trinajstić information content (AvgIpc) is 3.06. The number of quaternary nitrogens is 1. The fraction of sp³-hybridized carbons (Fsp3) is 0.176. The van der Waals surface area contributed by atoms with Crippen molar-refractivity contribution >= 4 is 23.2 Å². The Morgan fingerprint density at radius 2 is 1.92 bits per heavy atom. The molecule has 0 aliphatic carbocycles. The summed E-state index contributed by atoms with van der Waals surface area (Å²) >= 11 is 11.9. The SMILES string of the molecule is C[C@@H]([NH2+]Cc1nc(-c2ccccc2)no1)c1cc(F)c(Cl)cc1Cl. The van der Waals surface area contributed by atoms with Gasteiger partial charge in [0.1, 0.15) is 11.9 Å². The van der Waals surface area contributed by atoms with Crippen LogP contribution >= 0.6 is 23.2 Å². The van der Waals surface area contributed by atoms with E-state index in [1.807, 2.05) is 42.6 Å². The second kappa shape index (κ2) is 7.30. The van der Waals surface area contributed by atoms with Crippen molar-refractivity contribution in [2.24, 2.45) is 0 Å². The summed E-state index contributed by atoms with van der Waals surface area (Å²) in [5.74, 6) is 0.550. The molecule has 24 heavy (non-hydrogen) atoms. The number of nitrogens with two attached hydrogens (primary N) is 1. The van der Waals surface area contributed by atoms with Gasteiger partial charge >= 0.3 is 0 Å². The minimum absolute atomic E-state index is 0.0142. The molecule has 2 aromatic carbocycles. The van der Waals surface area contributed by atoms with Crippen LogP contribution in [-0.4, -0.2) is 10.1 Å². The van der Waals surface area contributed by atoms with Crippen molar-refractivity contribution in [1.82, 2.24) is 10.1 Å². The zero-order valence-corrected chi connectivity index (χ0v) is 14.4. The van der Waals surface area contributed by atoms with Crippen LogP contribution in [0, 0.1) is 5.82 Å². The third-order valence-electron chi connectivity index (χ3n) is 3.68. The standard InChI is InChI=1S/C17H14Cl2FN3O/c1-10(12-7-15(20)14(19)8-13(12)18)21-9-16-22-17(23-24-16)11-5-3-2-4-6-11/h2-8,10,21H,9H2,1H3/p+1/t10-/m1/s1. The molecule has 0 aliphatic rings. The Morgan fingerprint density at radius 3 is 2.67 bits per heavy atom. The van der Waals surface area contributed by atoms with E-state index in [1.165, 1.54) is 12.1 Å². The molecule has 0 radical (unpaired) electrons. The summed E-state index contributed by atoms with van der Waals surface area (Å²) in [5.41, 5.74) is 1.56. The van der Waals surface area contributed by atoms with Crippen LogP contribution in [0.2, 0.25) is 10.0 Å². The molecule has 0 aliphatic heterocycles. The Bertz CT molecular complexity index is 839. The van der Waals surface area contributed by atoms with E-state index in [1.54, 1.807) is 0 Å². The Hall–Kier alpha value is -1.95. The van der Waals surface area contributed by atoms with Gasteiger partial charge in [0, 0.05) is 11.1 Å². The first-order valence-electron chi connectivity index (χ1n) is 7.40. The predicted molar refractivity (Wildman–Crippen MR) is 90.2 cm³/mol. The van der Waals surface area contributed by atoms with Gasteiger partial charge in [-0.05, 0) is 19.1 Å². The quantitative estimate of drug-likeness (QED) is 0.694. The summed E-state index contributed by atoms with van der Waals surface area (Å²) in [6.45, 7) is 2.38. The monoisotopic (exact) mass is 366 g/mol. The molecule has 3 rings (SSSR count). The maximum absolute atomic E-state index is 13.6. The van der Waals surface area contributed by atoms with Crippen molar-refractivity contribution < 1.29 is 14.2 Å². The van der Waals surface area contributed by atoms with Crippen LogP contribution in [0.1, 0.15) is 24.4 Å². The van der Waals surface area contributed by atoms with E-state index in [0.717, 1.165) is 5.56 Å². The third kappa shape index (κ3) is 3.75. The van der Waals surface area contributed by atoms with E-state index in [9.17, 15) is 4.39 Å². The zero-order valence-electron chi connectivity index (χ0n) is 12.8. The smallest absolute Gasteiger partial charge is 0.282 e. The molecule has 0 spiro atoms. The molecule has 0 saturated heterocycles. The van der Waals surface area contributed by atoms with Crippen LogP contribution in [0.4, 0.5) is 4.39 Å². The summed E-state index contributed by atoms with van der Waals surface area (Å²) in [6.07, 6.45) is 0. The molecule has 1 heterocycles. The van der Waals surface area contributed by atoms with Crippen molar-refractivity contribution in [2.75, 3.05) is 0 Å². The molecule has 0 fully saturated rings. The molecule has 0 amide bonds. The highest BCUT2D eigenvalue weighted by molar-refractivity contribution is 6.35. The molecule has 0 saturated carbocycles. The number of nitrogens with zero attached hydrogens (tertiary/aromatic N) is 2. The molecule has 2 N–H and O–H groups in total. The first-order valence-corrected chi connectivity index (χ1v) is 8.16. The highest BCUT2D eigenvalue weighted by atomic mass is 35.5. The van der Waals surface area contributed by atoms with Gasteiger partial charge in [-0.2, -0.15) is 4.98 Å². The second-order valence-electron chi connectivity index (χ2n) is 5.39. The van der Waals surface area contributed by atoms with E-state index >= 15 is 0 Å². The van der Waals surface area contributed by atoms with Gasteiger partial charge in [0.25, 0.3) is 5.89 Å². The third-order valence-corrected chi connectivity index (χ3v) is 4.29. The molecule has 4 nitrogen and oxygen atoms in total. The molecule has 124 valence electrons. The average molecular weight is 367 g/mol. The lowest BCUT2D eigenvalue weighted by molar-refractivity contribution is -0.710. The molecular weight excluding hydrogens is 352 g/mol. The van der Waals surface area contributed by atoms with Gasteiger partial charge in [-0.1, -0.05) is 58.7 Å². The largest absolute Gasteiger partial charge is 0.333 e. The van der Waals surface area contributed by atoms with Crippen LogP contribution in [0.15, 0.2) is 47.0 Å². The molecular formula is C17H15Cl2FN3O+. The van der Waals surface area contributed by atoms with Gasteiger partial charge in [0.15, 0.2) is 6.54 Å². The van der Waals surface area contributed by atoms with Crippen molar-refractivity contribution in [1.29, 1.82) is 0 Å². The number of halogens is 3. The Kier molecular flexibility index (Phi) is 5.14. The van der Waals surface area contributed by atoms with E-state index in [-0.39, 0.29) is 11.1 Å². The van der Waals surface area contributed by atoms with Crippen LogP contribution in [-0.2, 0) is 6.54 Å². The molecule has 7 heteroatoms. The lowest BCUT2D eigenvalue weighted by Gasteiger charge is -2.12. The highest BCUT2D eigenvalue weighted by Crippen LogP contribution is 2.27. The molecule has 1 aromatic heterocycles. The lowest BCUT2D eigenvalue weighted by Crippen LogP contribution is -2.83. The molecule has 0 bridgehead atoms. The van der Waals surface area contributed by atoms with Gasteiger partial charge in [-0.25, -0.2) is 4.39 Å². The Balaban J connectivity index is 1.68. The first-order chi connectivity index (χ1) is 11.5. The highest BCUT2D eigenvalue weighted by Gasteiger charge is 2.17. The van der Waals surface area contributed by atoms with E-state index in [0.29, 0.717) is 28.8 Å². The molecule has 3 aromatic rings. The summed E-state index contributed by atoms with van der Waals surface area (Å²) in [5, 5.41) is 6.36. The normalized spacial score (nSPS) is 12.3. The zero-order chi connectivity index (χ0) is 17.1. The number of hydrogen-bond acceptors (Lipinski definition) is 3. The maximum Gasteiger partial charge on any atom is 0.282 e. The maximum atomic E-state index is 13.6. The van der Waals surface area contributed by atoms with Gasteiger partial charge < -0.3 is 9.84 Å². The van der Waals surface area contributed by atoms with Crippen LogP contribution in [0.5, 0.6) is 0 Å².